The molecule has 0 aromatic carbocycles. The number of carbonyl (C=O) groups is 1. The van der Waals surface area contributed by atoms with Crippen molar-refractivity contribution in [2.24, 2.45) is 0 Å². The van der Waals surface area contributed by atoms with Gasteiger partial charge in [0.05, 0.1) is 18.3 Å². The summed E-state index contributed by atoms with van der Waals surface area (Å²) < 4.78 is 4.95. The number of aryl methyl sites for hydroxylation is 1. The predicted octanol–water partition coefficient (Wildman–Crippen LogP) is 1.16. The summed E-state index contributed by atoms with van der Waals surface area (Å²) in [5, 5.41) is 16.1. The van der Waals surface area contributed by atoms with Crippen LogP contribution in [0, 0.1) is 6.92 Å². The second-order valence-corrected chi connectivity index (χ2v) is 5.15. The molecule has 0 saturated carbocycles. The molecule has 2 heterocycles. The number of aliphatic hydroxyl groups is 1. The lowest BCUT2D eigenvalue weighted by molar-refractivity contribution is -0.119. The molecule has 2 unspecified atom stereocenters. The molecule has 6 nitrogen and oxygen atoms in total. The van der Waals surface area contributed by atoms with Crippen LogP contribution in [0.1, 0.15) is 31.9 Å². The summed E-state index contributed by atoms with van der Waals surface area (Å²) >= 11 is 0. The molecule has 1 saturated heterocycles. The first-order valence-corrected chi connectivity index (χ1v) is 6.71. The molecule has 0 radical (unpaired) electrons. The molecule has 1 amide bonds. The van der Waals surface area contributed by atoms with Gasteiger partial charge in [-0.3, -0.25) is 15.0 Å². The van der Waals surface area contributed by atoms with Crippen molar-refractivity contribution in [2.75, 3.05) is 18.4 Å². The fourth-order valence-corrected chi connectivity index (χ4v) is 2.54. The van der Waals surface area contributed by atoms with Crippen molar-refractivity contribution in [3.05, 3.63) is 11.8 Å². The van der Waals surface area contributed by atoms with Gasteiger partial charge in [0.25, 0.3) is 0 Å². The Balaban J connectivity index is 1.89. The minimum absolute atomic E-state index is 0.0657. The van der Waals surface area contributed by atoms with Crippen molar-refractivity contribution in [1.29, 1.82) is 0 Å². The maximum atomic E-state index is 11.9. The van der Waals surface area contributed by atoms with Crippen molar-refractivity contribution < 1.29 is 14.4 Å². The highest BCUT2D eigenvalue weighted by Gasteiger charge is 2.27. The van der Waals surface area contributed by atoms with E-state index in [0.29, 0.717) is 5.88 Å². The Kier molecular flexibility index (Phi) is 4.55. The Bertz CT molecular complexity index is 431. The van der Waals surface area contributed by atoms with Crippen LogP contribution in [0.3, 0.4) is 0 Å². The first kappa shape index (κ1) is 14.0. The lowest BCUT2D eigenvalue weighted by Gasteiger charge is -2.36. The quantitative estimate of drug-likeness (QED) is 0.855. The van der Waals surface area contributed by atoms with Gasteiger partial charge >= 0.3 is 0 Å². The maximum Gasteiger partial charge on any atom is 0.240 e. The van der Waals surface area contributed by atoms with E-state index in [0.717, 1.165) is 31.5 Å². The van der Waals surface area contributed by atoms with Crippen LogP contribution in [-0.4, -0.2) is 46.3 Å². The molecule has 0 spiro atoms. The Morgan fingerprint density at radius 3 is 3.11 bits per heavy atom. The molecule has 2 N–H and O–H groups in total. The SMILES string of the molecule is Cc1cc(NC(=O)CN2CCCCC2C(C)O)on1. The fourth-order valence-electron chi connectivity index (χ4n) is 2.54. The van der Waals surface area contributed by atoms with Crippen LogP contribution in [0.2, 0.25) is 0 Å². The summed E-state index contributed by atoms with van der Waals surface area (Å²) in [4.78, 5) is 14.0. The third kappa shape index (κ3) is 3.78. The van der Waals surface area contributed by atoms with Gasteiger partial charge in [-0.1, -0.05) is 11.6 Å². The van der Waals surface area contributed by atoms with Crippen molar-refractivity contribution in [3.63, 3.8) is 0 Å². The van der Waals surface area contributed by atoms with E-state index < -0.39 is 6.10 Å². The molecule has 1 aromatic rings. The first-order valence-electron chi connectivity index (χ1n) is 6.71. The molecule has 106 valence electrons. The number of amides is 1. The van der Waals surface area contributed by atoms with Gasteiger partial charge in [0, 0.05) is 12.1 Å². The number of nitrogens with zero attached hydrogens (tertiary/aromatic N) is 2. The average Bonchev–Trinajstić information content (AvgIpc) is 2.75. The number of piperidine rings is 1. The molecule has 6 heteroatoms. The fraction of sp³-hybridized carbons (Fsp3) is 0.692. The number of carbonyl (C=O) groups excluding carboxylic acids is 1. The monoisotopic (exact) mass is 267 g/mol. The van der Waals surface area contributed by atoms with E-state index in [1.807, 2.05) is 4.90 Å². The zero-order valence-electron chi connectivity index (χ0n) is 11.4. The van der Waals surface area contributed by atoms with Gasteiger partial charge in [-0.05, 0) is 33.2 Å². The number of likely N-dealkylation sites (tertiary alicyclic amines) is 1. The van der Waals surface area contributed by atoms with Crippen molar-refractivity contribution in [3.8, 4) is 0 Å². The van der Waals surface area contributed by atoms with Gasteiger partial charge in [-0.15, -0.1) is 0 Å². The van der Waals surface area contributed by atoms with Gasteiger partial charge < -0.3 is 9.63 Å². The average molecular weight is 267 g/mol. The molecular weight excluding hydrogens is 246 g/mol. The highest BCUT2D eigenvalue weighted by atomic mass is 16.5. The number of anilines is 1. The van der Waals surface area contributed by atoms with Crippen molar-refractivity contribution >= 4 is 11.8 Å². The minimum Gasteiger partial charge on any atom is -0.392 e. The van der Waals surface area contributed by atoms with Gasteiger partial charge in [0.15, 0.2) is 0 Å². The van der Waals surface area contributed by atoms with Crippen molar-refractivity contribution in [1.82, 2.24) is 10.1 Å². The van der Waals surface area contributed by atoms with Gasteiger partial charge in [-0.25, -0.2) is 0 Å². The summed E-state index contributed by atoms with van der Waals surface area (Å²) in [6.45, 7) is 4.70. The topological polar surface area (TPSA) is 78.6 Å². The third-order valence-electron chi connectivity index (χ3n) is 3.46. The van der Waals surface area contributed by atoms with E-state index in [1.165, 1.54) is 0 Å². The lowest BCUT2D eigenvalue weighted by Crippen LogP contribution is -2.48. The van der Waals surface area contributed by atoms with Gasteiger partial charge in [0.2, 0.25) is 11.8 Å². The normalized spacial score (nSPS) is 22.2. The van der Waals surface area contributed by atoms with Crippen LogP contribution in [0.25, 0.3) is 0 Å². The van der Waals surface area contributed by atoms with E-state index in [9.17, 15) is 9.90 Å². The number of hydrogen-bond donors (Lipinski definition) is 2. The minimum atomic E-state index is -0.416. The summed E-state index contributed by atoms with van der Waals surface area (Å²) in [5.74, 6) is 0.233. The van der Waals surface area contributed by atoms with Crippen LogP contribution in [0.15, 0.2) is 10.6 Å². The zero-order valence-corrected chi connectivity index (χ0v) is 11.4. The van der Waals surface area contributed by atoms with Crippen LogP contribution in [-0.2, 0) is 4.79 Å². The zero-order chi connectivity index (χ0) is 13.8. The highest BCUT2D eigenvalue weighted by molar-refractivity contribution is 5.91. The number of hydrogen-bond acceptors (Lipinski definition) is 5. The van der Waals surface area contributed by atoms with E-state index in [-0.39, 0.29) is 18.5 Å². The number of nitrogens with one attached hydrogen (secondary N) is 1. The van der Waals surface area contributed by atoms with Crippen LogP contribution in [0.5, 0.6) is 0 Å². The summed E-state index contributed by atoms with van der Waals surface area (Å²) in [6, 6.07) is 1.75. The van der Waals surface area contributed by atoms with E-state index in [2.05, 4.69) is 10.5 Å². The largest absolute Gasteiger partial charge is 0.392 e. The Labute approximate surface area is 112 Å². The molecular formula is C13H21N3O3. The summed E-state index contributed by atoms with van der Waals surface area (Å²) in [5.41, 5.74) is 0.732. The molecule has 1 aliphatic heterocycles. The second-order valence-electron chi connectivity index (χ2n) is 5.15. The molecule has 1 aliphatic rings. The number of rotatable bonds is 4. The van der Waals surface area contributed by atoms with Crippen molar-refractivity contribution in [2.45, 2.75) is 45.3 Å². The van der Waals surface area contributed by atoms with Crippen LogP contribution in [0.4, 0.5) is 5.88 Å². The molecule has 19 heavy (non-hydrogen) atoms. The maximum absolute atomic E-state index is 11.9. The van der Waals surface area contributed by atoms with E-state index in [4.69, 9.17) is 4.52 Å². The number of aromatic nitrogens is 1. The van der Waals surface area contributed by atoms with Crippen LogP contribution >= 0.6 is 0 Å². The Morgan fingerprint density at radius 1 is 1.68 bits per heavy atom. The third-order valence-corrected chi connectivity index (χ3v) is 3.46. The second kappa shape index (κ2) is 6.16. The Hall–Kier alpha value is -1.40. The van der Waals surface area contributed by atoms with Crippen LogP contribution < -0.4 is 5.32 Å². The molecule has 0 aliphatic carbocycles. The van der Waals surface area contributed by atoms with Gasteiger partial charge in [-0.2, -0.15) is 0 Å². The molecule has 1 fully saturated rings. The molecule has 1 aromatic heterocycles. The smallest absolute Gasteiger partial charge is 0.240 e. The molecule has 2 rings (SSSR count). The van der Waals surface area contributed by atoms with E-state index >= 15 is 0 Å². The standard InChI is InChI=1S/C13H21N3O3/c1-9-7-13(19-15-9)14-12(18)8-16-6-4-3-5-11(16)10(2)17/h7,10-11,17H,3-6,8H2,1-2H3,(H,14,18). The molecule has 0 bridgehead atoms. The summed E-state index contributed by atoms with van der Waals surface area (Å²) in [6.07, 6.45) is 2.69. The molecule has 2 atom stereocenters. The first-order chi connectivity index (χ1) is 9.06. The highest BCUT2D eigenvalue weighted by Crippen LogP contribution is 2.19. The Morgan fingerprint density at radius 2 is 2.47 bits per heavy atom. The lowest BCUT2D eigenvalue weighted by atomic mass is 9.98. The van der Waals surface area contributed by atoms with E-state index in [1.54, 1.807) is 19.9 Å². The van der Waals surface area contributed by atoms with Gasteiger partial charge in [0.1, 0.15) is 0 Å². The summed E-state index contributed by atoms with van der Waals surface area (Å²) in [7, 11) is 0. The number of aliphatic hydroxyl groups excluding tert-OH is 1. The predicted molar refractivity (Wildman–Crippen MR) is 70.8 cm³/mol.